The number of nitrogens with one attached hydrogen (secondary N) is 2. The van der Waals surface area contributed by atoms with Gasteiger partial charge in [0.05, 0.1) is 0 Å². The van der Waals surface area contributed by atoms with Gasteiger partial charge in [0.2, 0.25) is 0 Å². The second-order valence-electron chi connectivity index (χ2n) is 6.28. The zero-order valence-corrected chi connectivity index (χ0v) is 15.4. The van der Waals surface area contributed by atoms with Crippen molar-refractivity contribution in [3.8, 4) is 11.5 Å². The van der Waals surface area contributed by atoms with E-state index in [2.05, 4.69) is 27.5 Å². The molecule has 142 valence electrons. The van der Waals surface area contributed by atoms with Crippen molar-refractivity contribution in [1.29, 1.82) is 0 Å². The molecule has 0 fully saturated rings. The number of ether oxygens (including phenoxy) is 2. The molecule has 2 heterocycles. The second-order valence-corrected chi connectivity index (χ2v) is 6.28. The Hall–Kier alpha value is -3.61. The number of nitrogens with zero attached hydrogens (tertiary/aromatic N) is 2. The van der Waals surface area contributed by atoms with E-state index in [1.54, 1.807) is 6.07 Å². The van der Waals surface area contributed by atoms with Crippen LogP contribution in [-0.2, 0) is 6.42 Å². The maximum Gasteiger partial charge on any atom is 0.274 e. The predicted octanol–water partition coefficient (Wildman–Crippen LogP) is 3.81. The van der Waals surface area contributed by atoms with E-state index in [-0.39, 0.29) is 11.6 Å². The lowest BCUT2D eigenvalue weighted by molar-refractivity contribution is 0.102. The average molecular weight is 376 g/mol. The molecule has 0 saturated carbocycles. The highest BCUT2D eigenvalue weighted by Gasteiger charge is 2.13. The van der Waals surface area contributed by atoms with Crippen molar-refractivity contribution in [2.75, 3.05) is 23.8 Å². The molecule has 0 bridgehead atoms. The molecule has 7 heteroatoms. The van der Waals surface area contributed by atoms with Crippen molar-refractivity contribution < 1.29 is 14.3 Å². The zero-order chi connectivity index (χ0) is 19.3. The van der Waals surface area contributed by atoms with Crippen molar-refractivity contribution in [1.82, 2.24) is 9.97 Å². The number of benzene rings is 2. The van der Waals surface area contributed by atoms with E-state index in [1.807, 2.05) is 42.5 Å². The van der Waals surface area contributed by atoms with E-state index in [9.17, 15) is 4.79 Å². The van der Waals surface area contributed by atoms with Crippen LogP contribution in [0.25, 0.3) is 0 Å². The Morgan fingerprint density at radius 3 is 2.50 bits per heavy atom. The molecule has 3 aromatic rings. The molecule has 1 aliphatic heterocycles. The molecule has 1 aromatic heterocycles. The van der Waals surface area contributed by atoms with Gasteiger partial charge in [0.1, 0.15) is 31.1 Å². The molecule has 28 heavy (non-hydrogen) atoms. The lowest BCUT2D eigenvalue weighted by Gasteiger charge is -2.19. The summed E-state index contributed by atoms with van der Waals surface area (Å²) in [6.07, 6.45) is 2.31. The first-order chi connectivity index (χ1) is 13.7. The van der Waals surface area contributed by atoms with Crippen LogP contribution < -0.4 is 20.1 Å². The number of hydrogen-bond donors (Lipinski definition) is 2. The summed E-state index contributed by atoms with van der Waals surface area (Å²) in [5.41, 5.74) is 2.99. The number of carbonyl (C=O) groups excluding carboxylic acids is 1. The second kappa shape index (κ2) is 7.96. The number of amides is 1. The van der Waals surface area contributed by atoms with Crippen LogP contribution in [0.15, 0.2) is 54.9 Å². The third kappa shape index (κ3) is 4.03. The maximum absolute atomic E-state index is 12.5. The lowest BCUT2D eigenvalue weighted by atomic mass is 10.1. The Labute approximate surface area is 162 Å². The summed E-state index contributed by atoms with van der Waals surface area (Å²) in [6.45, 7) is 3.16. The Morgan fingerprint density at radius 2 is 1.71 bits per heavy atom. The molecule has 1 aliphatic rings. The number of aromatic nitrogens is 2. The molecule has 0 aliphatic carbocycles. The van der Waals surface area contributed by atoms with Crippen molar-refractivity contribution in [3.63, 3.8) is 0 Å². The quantitative estimate of drug-likeness (QED) is 0.704. The van der Waals surface area contributed by atoms with Gasteiger partial charge in [0.25, 0.3) is 5.91 Å². The largest absolute Gasteiger partial charge is 0.486 e. The molecular weight excluding hydrogens is 356 g/mol. The summed E-state index contributed by atoms with van der Waals surface area (Å²) in [6, 6.07) is 14.9. The van der Waals surface area contributed by atoms with Gasteiger partial charge in [-0.1, -0.05) is 19.1 Å². The highest BCUT2D eigenvalue weighted by atomic mass is 16.6. The first-order valence-electron chi connectivity index (χ1n) is 9.10. The van der Waals surface area contributed by atoms with E-state index < -0.39 is 0 Å². The number of rotatable bonds is 5. The summed E-state index contributed by atoms with van der Waals surface area (Å²) in [5, 5.41) is 6.01. The van der Waals surface area contributed by atoms with Crippen LogP contribution in [-0.4, -0.2) is 29.1 Å². The van der Waals surface area contributed by atoms with Gasteiger partial charge in [0, 0.05) is 23.5 Å². The topological polar surface area (TPSA) is 85.4 Å². The Morgan fingerprint density at radius 1 is 0.964 bits per heavy atom. The number of hydrogen-bond acceptors (Lipinski definition) is 6. The van der Waals surface area contributed by atoms with Crippen molar-refractivity contribution in [2.24, 2.45) is 0 Å². The fourth-order valence-electron chi connectivity index (χ4n) is 2.84. The van der Waals surface area contributed by atoms with Crippen molar-refractivity contribution >= 4 is 23.1 Å². The number of fused-ring (bicyclic) bond motifs is 1. The SMILES string of the molecule is CCc1ccc(NC(=O)c2cc(Nc3ccc4c(c3)OCCO4)ncn2)cc1. The molecule has 0 saturated heterocycles. The Bertz CT molecular complexity index is 989. The Kier molecular flexibility index (Phi) is 5.05. The predicted molar refractivity (Wildman–Crippen MR) is 107 cm³/mol. The monoisotopic (exact) mass is 376 g/mol. The highest BCUT2D eigenvalue weighted by molar-refractivity contribution is 6.03. The first-order valence-corrected chi connectivity index (χ1v) is 9.10. The van der Waals surface area contributed by atoms with Crippen LogP contribution in [0, 0.1) is 0 Å². The molecule has 0 atom stereocenters. The molecule has 1 amide bonds. The van der Waals surface area contributed by atoms with Gasteiger partial charge < -0.3 is 20.1 Å². The van der Waals surface area contributed by atoms with Gasteiger partial charge in [-0.15, -0.1) is 0 Å². The molecule has 0 radical (unpaired) electrons. The molecular formula is C21H20N4O3. The molecule has 0 unspecified atom stereocenters. The van der Waals surface area contributed by atoms with Crippen LogP contribution in [0.2, 0.25) is 0 Å². The summed E-state index contributed by atoms with van der Waals surface area (Å²) >= 11 is 0. The van der Waals surface area contributed by atoms with Crippen molar-refractivity contribution in [3.05, 3.63) is 66.1 Å². The zero-order valence-electron chi connectivity index (χ0n) is 15.4. The van der Waals surface area contributed by atoms with Crippen LogP contribution in [0.3, 0.4) is 0 Å². The van der Waals surface area contributed by atoms with Gasteiger partial charge in [-0.05, 0) is 36.2 Å². The third-order valence-electron chi connectivity index (χ3n) is 4.33. The van der Waals surface area contributed by atoms with Crippen molar-refractivity contribution in [2.45, 2.75) is 13.3 Å². The first kappa shape index (κ1) is 17.8. The van der Waals surface area contributed by atoms with E-state index in [0.717, 1.165) is 17.8 Å². The number of anilines is 3. The maximum atomic E-state index is 12.5. The van der Waals surface area contributed by atoms with Gasteiger partial charge in [-0.2, -0.15) is 0 Å². The smallest absolute Gasteiger partial charge is 0.274 e. The Balaban J connectivity index is 1.47. The van der Waals surface area contributed by atoms with E-state index in [4.69, 9.17) is 9.47 Å². The summed E-state index contributed by atoms with van der Waals surface area (Å²) in [5.74, 6) is 1.61. The summed E-state index contributed by atoms with van der Waals surface area (Å²) in [4.78, 5) is 20.8. The summed E-state index contributed by atoms with van der Waals surface area (Å²) < 4.78 is 11.1. The van der Waals surface area contributed by atoms with Crippen LogP contribution in [0.4, 0.5) is 17.2 Å². The minimum Gasteiger partial charge on any atom is -0.486 e. The molecule has 2 N–H and O–H groups in total. The molecule has 2 aromatic carbocycles. The minimum absolute atomic E-state index is 0.273. The normalized spacial score (nSPS) is 12.3. The van der Waals surface area contributed by atoms with Crippen LogP contribution in [0.5, 0.6) is 11.5 Å². The van der Waals surface area contributed by atoms with Gasteiger partial charge in [-0.3, -0.25) is 4.79 Å². The number of carbonyl (C=O) groups is 1. The standard InChI is InChI=1S/C21H20N4O3/c1-2-14-3-5-15(6-4-14)25-21(26)17-12-20(23-13-22-17)24-16-7-8-18-19(11-16)28-10-9-27-18/h3-8,11-13H,2,9-10H2,1H3,(H,25,26)(H,22,23,24). The lowest BCUT2D eigenvalue weighted by Crippen LogP contribution is -2.15. The molecule has 7 nitrogen and oxygen atoms in total. The fourth-order valence-corrected chi connectivity index (χ4v) is 2.84. The van der Waals surface area contributed by atoms with Gasteiger partial charge in [-0.25, -0.2) is 9.97 Å². The summed E-state index contributed by atoms with van der Waals surface area (Å²) in [7, 11) is 0. The van der Waals surface area contributed by atoms with E-state index in [1.165, 1.54) is 11.9 Å². The highest BCUT2D eigenvalue weighted by Crippen LogP contribution is 2.33. The minimum atomic E-state index is -0.295. The van der Waals surface area contributed by atoms with Gasteiger partial charge >= 0.3 is 0 Å². The van der Waals surface area contributed by atoms with E-state index >= 15 is 0 Å². The van der Waals surface area contributed by atoms with Crippen LogP contribution in [0.1, 0.15) is 23.0 Å². The average Bonchev–Trinajstić information content (AvgIpc) is 2.74. The third-order valence-corrected chi connectivity index (χ3v) is 4.33. The molecule has 0 spiro atoms. The fraction of sp³-hybridized carbons (Fsp3) is 0.190. The van der Waals surface area contributed by atoms with Gasteiger partial charge in [0.15, 0.2) is 11.5 Å². The number of aryl methyl sites for hydroxylation is 1. The molecule has 4 rings (SSSR count). The van der Waals surface area contributed by atoms with Crippen LogP contribution >= 0.6 is 0 Å². The van der Waals surface area contributed by atoms with E-state index in [0.29, 0.717) is 30.5 Å².